The summed E-state index contributed by atoms with van der Waals surface area (Å²) in [5.41, 5.74) is -4.55. The van der Waals surface area contributed by atoms with Crippen LogP contribution < -0.4 is 4.90 Å². The first-order valence-corrected chi connectivity index (χ1v) is 11.9. The number of carbonyl (C=O) groups excluding carboxylic acids is 2. The SMILES string of the molecule is CC(C)Cc1cnccc1CN1C(=O)N(c2ccc(S(=O)(=O)C(F)(F)F)cc2)C(=O)C12CC2. The molecule has 2 aromatic rings. The fraction of sp³-hybridized carbons (Fsp3) is 0.409. The number of pyridine rings is 1. The first-order valence-electron chi connectivity index (χ1n) is 10.4. The van der Waals surface area contributed by atoms with Crippen molar-refractivity contribution in [3.05, 3.63) is 53.9 Å². The summed E-state index contributed by atoms with van der Waals surface area (Å²) in [5, 5.41) is 0. The number of imide groups is 1. The zero-order valence-corrected chi connectivity index (χ0v) is 18.8. The average Bonchev–Trinajstić information content (AvgIpc) is 3.50. The third kappa shape index (κ3) is 3.88. The van der Waals surface area contributed by atoms with Crippen LogP contribution in [-0.2, 0) is 27.6 Å². The van der Waals surface area contributed by atoms with Gasteiger partial charge in [-0.3, -0.25) is 9.78 Å². The molecular formula is C22H22F3N3O4S. The Morgan fingerprint density at radius 1 is 1.06 bits per heavy atom. The summed E-state index contributed by atoms with van der Waals surface area (Å²) >= 11 is 0. The Morgan fingerprint density at radius 3 is 2.24 bits per heavy atom. The molecule has 2 heterocycles. The van der Waals surface area contributed by atoms with Gasteiger partial charge in [-0.2, -0.15) is 13.2 Å². The number of sulfone groups is 1. The molecule has 7 nitrogen and oxygen atoms in total. The number of halogens is 3. The normalized spacial score (nSPS) is 18.0. The van der Waals surface area contributed by atoms with Crippen LogP contribution in [0.5, 0.6) is 0 Å². The number of hydrogen-bond donors (Lipinski definition) is 0. The minimum absolute atomic E-state index is 0.0250. The van der Waals surface area contributed by atoms with Crippen LogP contribution in [0.25, 0.3) is 0 Å². The number of urea groups is 1. The van der Waals surface area contributed by atoms with E-state index in [0.29, 0.717) is 18.8 Å². The van der Waals surface area contributed by atoms with Crippen molar-refractivity contribution in [2.24, 2.45) is 5.92 Å². The zero-order chi connectivity index (χ0) is 24.2. The summed E-state index contributed by atoms with van der Waals surface area (Å²) in [6, 6.07) is 4.83. The lowest BCUT2D eigenvalue weighted by Gasteiger charge is -2.23. The molecule has 11 heteroatoms. The van der Waals surface area contributed by atoms with Gasteiger partial charge < -0.3 is 4.90 Å². The topological polar surface area (TPSA) is 87.7 Å². The lowest BCUT2D eigenvalue weighted by molar-refractivity contribution is -0.120. The minimum Gasteiger partial charge on any atom is -0.305 e. The van der Waals surface area contributed by atoms with E-state index in [2.05, 4.69) is 18.8 Å². The molecule has 1 saturated heterocycles. The average molecular weight is 481 g/mol. The van der Waals surface area contributed by atoms with Gasteiger partial charge in [0.05, 0.1) is 10.6 Å². The first kappa shape index (κ1) is 23.2. The summed E-state index contributed by atoms with van der Waals surface area (Å²) in [5.74, 6) is -0.0971. The fourth-order valence-corrected chi connectivity index (χ4v) is 4.84. The summed E-state index contributed by atoms with van der Waals surface area (Å²) in [6.07, 6.45) is 5.09. The van der Waals surface area contributed by atoms with Gasteiger partial charge in [0.15, 0.2) is 0 Å². The Bertz CT molecular complexity index is 1210. The molecule has 4 rings (SSSR count). The van der Waals surface area contributed by atoms with Crippen LogP contribution in [-0.4, -0.2) is 41.3 Å². The highest BCUT2D eigenvalue weighted by Gasteiger charge is 2.65. The van der Waals surface area contributed by atoms with Crippen LogP contribution >= 0.6 is 0 Å². The van der Waals surface area contributed by atoms with Gasteiger partial charge in [-0.1, -0.05) is 13.8 Å². The molecule has 0 N–H and O–H groups in total. The number of amides is 3. The van der Waals surface area contributed by atoms with Gasteiger partial charge in [0.2, 0.25) is 0 Å². The van der Waals surface area contributed by atoms with Gasteiger partial charge in [-0.25, -0.2) is 18.1 Å². The predicted molar refractivity (Wildman–Crippen MR) is 113 cm³/mol. The number of rotatable bonds is 6. The molecule has 1 aromatic heterocycles. The van der Waals surface area contributed by atoms with E-state index < -0.39 is 37.7 Å². The van der Waals surface area contributed by atoms with E-state index in [1.54, 1.807) is 12.4 Å². The maximum absolute atomic E-state index is 13.3. The van der Waals surface area contributed by atoms with Gasteiger partial charge in [-0.05, 0) is 66.6 Å². The highest BCUT2D eigenvalue weighted by molar-refractivity contribution is 7.92. The fourth-order valence-electron chi connectivity index (χ4n) is 4.08. The highest BCUT2D eigenvalue weighted by atomic mass is 32.2. The van der Waals surface area contributed by atoms with E-state index in [0.717, 1.165) is 46.7 Å². The zero-order valence-electron chi connectivity index (χ0n) is 18.0. The number of hydrogen-bond acceptors (Lipinski definition) is 5. The number of nitrogens with zero attached hydrogens (tertiary/aromatic N) is 3. The van der Waals surface area contributed by atoms with E-state index in [-0.39, 0.29) is 12.2 Å². The third-order valence-corrected chi connectivity index (χ3v) is 7.44. The maximum Gasteiger partial charge on any atom is 0.501 e. The highest BCUT2D eigenvalue weighted by Crippen LogP contribution is 2.50. The van der Waals surface area contributed by atoms with E-state index in [4.69, 9.17) is 0 Å². The number of anilines is 1. The lowest BCUT2D eigenvalue weighted by Crippen LogP contribution is -2.36. The van der Waals surface area contributed by atoms with Crippen molar-refractivity contribution >= 4 is 27.5 Å². The smallest absolute Gasteiger partial charge is 0.305 e. The van der Waals surface area contributed by atoms with Gasteiger partial charge >= 0.3 is 11.5 Å². The molecule has 2 fully saturated rings. The van der Waals surface area contributed by atoms with Crippen LogP contribution in [0.15, 0.2) is 47.6 Å². The van der Waals surface area contributed by atoms with Crippen LogP contribution in [0.1, 0.15) is 37.8 Å². The van der Waals surface area contributed by atoms with E-state index >= 15 is 0 Å². The number of alkyl halides is 3. The Morgan fingerprint density at radius 2 is 1.70 bits per heavy atom. The van der Waals surface area contributed by atoms with E-state index in [1.807, 2.05) is 6.07 Å². The molecule has 0 radical (unpaired) electrons. The Kier molecular flexibility index (Phi) is 5.50. The molecule has 33 heavy (non-hydrogen) atoms. The van der Waals surface area contributed by atoms with Crippen molar-refractivity contribution in [1.82, 2.24) is 9.88 Å². The second-order valence-electron chi connectivity index (χ2n) is 8.73. The van der Waals surface area contributed by atoms with Crippen molar-refractivity contribution in [1.29, 1.82) is 0 Å². The monoisotopic (exact) mass is 481 g/mol. The lowest BCUT2D eigenvalue weighted by atomic mass is 9.99. The molecule has 1 aliphatic heterocycles. The second-order valence-corrected chi connectivity index (χ2v) is 10.7. The largest absolute Gasteiger partial charge is 0.501 e. The van der Waals surface area contributed by atoms with E-state index in [9.17, 15) is 31.2 Å². The van der Waals surface area contributed by atoms with Gasteiger partial charge in [0.1, 0.15) is 5.54 Å². The van der Waals surface area contributed by atoms with Crippen molar-refractivity contribution in [3.63, 3.8) is 0 Å². The summed E-state index contributed by atoms with van der Waals surface area (Å²) in [4.78, 5) is 32.0. The molecule has 3 amide bonds. The van der Waals surface area contributed by atoms with Crippen LogP contribution in [0, 0.1) is 5.92 Å². The van der Waals surface area contributed by atoms with Gasteiger partial charge in [-0.15, -0.1) is 0 Å². The molecular weight excluding hydrogens is 459 g/mol. The quantitative estimate of drug-likeness (QED) is 0.581. The number of carbonyl (C=O) groups is 2. The number of benzene rings is 1. The Balaban J connectivity index is 1.63. The Labute approximate surface area is 189 Å². The molecule has 176 valence electrons. The van der Waals surface area contributed by atoms with Crippen molar-refractivity contribution < 1.29 is 31.2 Å². The summed E-state index contributed by atoms with van der Waals surface area (Å²) in [6.45, 7) is 4.33. The molecule has 0 bridgehead atoms. The van der Waals surface area contributed by atoms with Crippen molar-refractivity contribution in [3.8, 4) is 0 Å². The van der Waals surface area contributed by atoms with E-state index in [1.165, 1.54) is 4.90 Å². The summed E-state index contributed by atoms with van der Waals surface area (Å²) < 4.78 is 61.6. The van der Waals surface area contributed by atoms with Crippen molar-refractivity contribution in [2.45, 2.75) is 55.6 Å². The third-order valence-electron chi connectivity index (χ3n) is 5.93. The first-order chi connectivity index (χ1) is 15.4. The molecule has 2 aliphatic rings. The van der Waals surface area contributed by atoms with Crippen molar-refractivity contribution in [2.75, 3.05) is 4.90 Å². The molecule has 0 unspecified atom stereocenters. The van der Waals surface area contributed by atoms with Crippen LogP contribution in [0.4, 0.5) is 23.7 Å². The molecule has 1 aliphatic carbocycles. The van der Waals surface area contributed by atoms with Crippen LogP contribution in [0.2, 0.25) is 0 Å². The number of aromatic nitrogens is 1. The van der Waals surface area contributed by atoms with Gasteiger partial charge in [0.25, 0.3) is 15.7 Å². The molecule has 1 spiro atoms. The second kappa shape index (κ2) is 7.82. The summed E-state index contributed by atoms with van der Waals surface area (Å²) in [7, 11) is -5.53. The Hall–Kier alpha value is -2.95. The maximum atomic E-state index is 13.3. The molecule has 0 atom stereocenters. The van der Waals surface area contributed by atoms with Gasteiger partial charge in [0, 0.05) is 18.9 Å². The van der Waals surface area contributed by atoms with Crippen LogP contribution in [0.3, 0.4) is 0 Å². The molecule has 1 saturated carbocycles. The predicted octanol–water partition coefficient (Wildman–Crippen LogP) is 4.08. The molecule has 1 aromatic carbocycles. The minimum atomic E-state index is -5.53. The standard InChI is InChI=1S/C22H22F3N3O4S/c1-14(2)11-16-12-26-10-7-15(16)13-27-20(30)28(19(29)21(27)8-9-21)17-3-5-18(6-4-17)33(31,32)22(23,24)25/h3-7,10,12,14H,8-9,11,13H2,1-2H3.